The van der Waals surface area contributed by atoms with Crippen molar-refractivity contribution < 1.29 is 14.2 Å². The van der Waals surface area contributed by atoms with Crippen LogP contribution in [0, 0.1) is 0 Å². The fourth-order valence-electron chi connectivity index (χ4n) is 2.86. The molecule has 2 unspecified atom stereocenters. The zero-order valence-corrected chi connectivity index (χ0v) is 15.9. The molecule has 1 aliphatic heterocycles. The van der Waals surface area contributed by atoms with Gasteiger partial charge in [0.15, 0.2) is 0 Å². The fraction of sp³-hybridized carbons (Fsp3) is 0.278. The predicted molar refractivity (Wildman–Crippen MR) is 99.0 cm³/mol. The molecular formula is C18H16Cl2N4O3. The smallest absolute Gasteiger partial charge is 0.220 e. The molecule has 2 aromatic heterocycles. The largest absolute Gasteiger partial charge is 0.439 e. The van der Waals surface area contributed by atoms with Crippen molar-refractivity contribution in [3.63, 3.8) is 0 Å². The quantitative estimate of drug-likeness (QED) is 0.594. The van der Waals surface area contributed by atoms with Crippen LogP contribution in [0.1, 0.15) is 12.5 Å². The highest BCUT2D eigenvalue weighted by Crippen LogP contribution is 2.39. The second-order valence-corrected chi connectivity index (χ2v) is 6.92. The van der Waals surface area contributed by atoms with Gasteiger partial charge >= 0.3 is 0 Å². The molecule has 0 bridgehead atoms. The molecule has 3 aromatic rings. The van der Waals surface area contributed by atoms with Crippen molar-refractivity contribution in [1.82, 2.24) is 19.7 Å². The fourth-order valence-corrected chi connectivity index (χ4v) is 3.28. The first kappa shape index (κ1) is 18.2. The van der Waals surface area contributed by atoms with Gasteiger partial charge in [-0.25, -0.2) is 14.6 Å². The maximum atomic E-state index is 6.46. The monoisotopic (exact) mass is 406 g/mol. The number of ether oxygens (including phenoxy) is 3. The van der Waals surface area contributed by atoms with E-state index >= 15 is 0 Å². The molecule has 0 N–H and O–H groups in total. The summed E-state index contributed by atoms with van der Waals surface area (Å²) in [6, 6.07) is 10.5. The van der Waals surface area contributed by atoms with Crippen molar-refractivity contribution in [3.05, 3.63) is 64.8 Å². The first-order valence-electron chi connectivity index (χ1n) is 8.29. The summed E-state index contributed by atoms with van der Waals surface area (Å²) >= 11 is 12.3. The summed E-state index contributed by atoms with van der Waals surface area (Å²) in [5.41, 5.74) is 0.604. The molecular weight excluding hydrogens is 391 g/mol. The Bertz CT molecular complexity index is 921. The molecule has 27 heavy (non-hydrogen) atoms. The van der Waals surface area contributed by atoms with Gasteiger partial charge in [0.1, 0.15) is 30.1 Å². The molecule has 0 amide bonds. The predicted octanol–water partition coefficient (Wildman–Crippen LogP) is 4.06. The average Bonchev–Trinajstić information content (AvgIpc) is 3.28. The summed E-state index contributed by atoms with van der Waals surface area (Å²) < 4.78 is 19.4. The Hall–Kier alpha value is -2.19. The molecule has 1 aromatic carbocycles. The second-order valence-electron chi connectivity index (χ2n) is 6.13. The summed E-state index contributed by atoms with van der Waals surface area (Å²) in [5, 5.41) is 4.99. The van der Waals surface area contributed by atoms with E-state index in [-0.39, 0.29) is 11.3 Å². The number of halogens is 2. The molecule has 4 rings (SSSR count). The standard InChI is InChI=1S/C18H16Cl2N4O3/c1-12-8-25-18(27-12,9-24-11-21-10-22-24)15-6-7-16(23-17(15)20)26-14-4-2-13(19)3-5-14/h2-7,10-12H,8-9H2,1H3. The average molecular weight is 407 g/mol. The molecule has 0 saturated carbocycles. The highest BCUT2D eigenvalue weighted by atomic mass is 35.5. The Morgan fingerprint density at radius 1 is 1.22 bits per heavy atom. The number of rotatable bonds is 5. The molecule has 140 valence electrons. The van der Waals surface area contributed by atoms with Gasteiger partial charge in [0.05, 0.1) is 18.3 Å². The third kappa shape index (κ3) is 3.91. The molecule has 0 radical (unpaired) electrons. The van der Waals surface area contributed by atoms with E-state index in [1.54, 1.807) is 47.4 Å². The molecule has 7 nitrogen and oxygen atoms in total. The van der Waals surface area contributed by atoms with Gasteiger partial charge in [-0.2, -0.15) is 5.10 Å². The van der Waals surface area contributed by atoms with Gasteiger partial charge in [-0.05, 0) is 37.3 Å². The lowest BCUT2D eigenvalue weighted by Crippen LogP contribution is -2.34. The highest BCUT2D eigenvalue weighted by molar-refractivity contribution is 6.30. The molecule has 1 aliphatic rings. The molecule has 2 atom stereocenters. The maximum Gasteiger partial charge on any atom is 0.220 e. The van der Waals surface area contributed by atoms with E-state index in [0.717, 1.165) is 0 Å². The number of nitrogens with zero attached hydrogens (tertiary/aromatic N) is 4. The number of pyridine rings is 1. The molecule has 3 heterocycles. The Balaban J connectivity index is 1.62. The SMILES string of the molecule is CC1COC(Cn2cncn2)(c2ccc(Oc3ccc(Cl)cc3)nc2Cl)O1. The van der Waals surface area contributed by atoms with Crippen LogP contribution in [0.5, 0.6) is 11.6 Å². The van der Waals surface area contributed by atoms with Crippen LogP contribution in [-0.4, -0.2) is 32.5 Å². The summed E-state index contributed by atoms with van der Waals surface area (Å²) in [7, 11) is 0. The molecule has 0 aliphatic carbocycles. The zero-order chi connectivity index (χ0) is 18.9. The van der Waals surface area contributed by atoms with E-state index in [2.05, 4.69) is 15.1 Å². The van der Waals surface area contributed by atoms with E-state index < -0.39 is 5.79 Å². The normalized spacial score (nSPS) is 22.1. The molecule has 0 spiro atoms. The van der Waals surface area contributed by atoms with Gasteiger partial charge in [-0.15, -0.1) is 0 Å². The van der Waals surface area contributed by atoms with Crippen molar-refractivity contribution >= 4 is 23.2 Å². The van der Waals surface area contributed by atoms with Crippen LogP contribution in [0.25, 0.3) is 0 Å². The summed E-state index contributed by atoms with van der Waals surface area (Å²) in [6.07, 6.45) is 2.96. The minimum Gasteiger partial charge on any atom is -0.439 e. The van der Waals surface area contributed by atoms with Crippen LogP contribution < -0.4 is 4.74 Å². The highest BCUT2D eigenvalue weighted by Gasteiger charge is 2.44. The van der Waals surface area contributed by atoms with Crippen LogP contribution in [0.2, 0.25) is 10.2 Å². The van der Waals surface area contributed by atoms with Crippen LogP contribution >= 0.6 is 23.2 Å². The molecule has 9 heteroatoms. The van der Waals surface area contributed by atoms with Crippen LogP contribution in [0.3, 0.4) is 0 Å². The topological polar surface area (TPSA) is 71.3 Å². The van der Waals surface area contributed by atoms with E-state index in [1.807, 2.05) is 6.92 Å². The van der Waals surface area contributed by atoms with Crippen molar-refractivity contribution in [2.24, 2.45) is 0 Å². The van der Waals surface area contributed by atoms with Gasteiger partial charge in [-0.1, -0.05) is 23.2 Å². The number of benzene rings is 1. The van der Waals surface area contributed by atoms with Crippen molar-refractivity contribution in [1.29, 1.82) is 0 Å². The Morgan fingerprint density at radius 2 is 2.04 bits per heavy atom. The lowest BCUT2D eigenvalue weighted by molar-refractivity contribution is -0.187. The summed E-state index contributed by atoms with van der Waals surface area (Å²) in [4.78, 5) is 8.30. The lowest BCUT2D eigenvalue weighted by Gasteiger charge is -2.28. The number of hydrogen-bond acceptors (Lipinski definition) is 6. The molecule has 1 saturated heterocycles. The van der Waals surface area contributed by atoms with Crippen molar-refractivity contribution in [3.8, 4) is 11.6 Å². The van der Waals surface area contributed by atoms with E-state index in [0.29, 0.717) is 35.4 Å². The van der Waals surface area contributed by atoms with Crippen LogP contribution in [-0.2, 0) is 21.8 Å². The van der Waals surface area contributed by atoms with E-state index in [1.165, 1.54) is 6.33 Å². The Labute approximate surface area is 165 Å². The summed E-state index contributed by atoms with van der Waals surface area (Å²) in [5.74, 6) is -0.126. The summed E-state index contributed by atoms with van der Waals surface area (Å²) in [6.45, 7) is 2.67. The first-order valence-corrected chi connectivity index (χ1v) is 9.04. The van der Waals surface area contributed by atoms with E-state index in [9.17, 15) is 0 Å². The van der Waals surface area contributed by atoms with Gasteiger partial charge in [0, 0.05) is 11.1 Å². The van der Waals surface area contributed by atoms with Crippen LogP contribution in [0.4, 0.5) is 0 Å². The van der Waals surface area contributed by atoms with E-state index in [4.69, 9.17) is 37.4 Å². The minimum atomic E-state index is -1.09. The van der Waals surface area contributed by atoms with Crippen molar-refractivity contribution in [2.75, 3.05) is 6.61 Å². The van der Waals surface area contributed by atoms with Gasteiger partial charge in [-0.3, -0.25) is 0 Å². The first-order chi connectivity index (χ1) is 13.0. The third-order valence-electron chi connectivity index (χ3n) is 4.05. The zero-order valence-electron chi connectivity index (χ0n) is 14.4. The third-order valence-corrected chi connectivity index (χ3v) is 4.59. The Kier molecular flexibility index (Phi) is 5.01. The second kappa shape index (κ2) is 7.44. The number of aromatic nitrogens is 4. The van der Waals surface area contributed by atoms with Gasteiger partial charge in [0.2, 0.25) is 11.7 Å². The Morgan fingerprint density at radius 3 is 2.67 bits per heavy atom. The lowest BCUT2D eigenvalue weighted by atomic mass is 10.1. The minimum absolute atomic E-state index is 0.0884. The number of hydrogen-bond donors (Lipinski definition) is 0. The molecule has 1 fully saturated rings. The van der Waals surface area contributed by atoms with Crippen LogP contribution in [0.15, 0.2) is 49.1 Å². The maximum absolute atomic E-state index is 6.46. The van der Waals surface area contributed by atoms with Gasteiger partial charge < -0.3 is 14.2 Å². The van der Waals surface area contributed by atoms with Gasteiger partial charge in [0.25, 0.3) is 0 Å². The van der Waals surface area contributed by atoms with Crippen molar-refractivity contribution in [2.45, 2.75) is 25.4 Å².